The van der Waals surface area contributed by atoms with E-state index in [2.05, 4.69) is 44.2 Å². The lowest BCUT2D eigenvalue weighted by molar-refractivity contribution is -0.131. The highest BCUT2D eigenvalue weighted by Crippen LogP contribution is 2.21. The summed E-state index contributed by atoms with van der Waals surface area (Å²) in [5.41, 5.74) is 2.72. The molecule has 1 aliphatic rings. The lowest BCUT2D eigenvalue weighted by Crippen LogP contribution is -2.49. The van der Waals surface area contributed by atoms with Crippen LogP contribution in [0.15, 0.2) is 65.7 Å². The van der Waals surface area contributed by atoms with Gasteiger partial charge in [0.1, 0.15) is 17.5 Å². The molecule has 1 saturated heterocycles. The molecule has 36 heavy (non-hydrogen) atoms. The monoisotopic (exact) mass is 483 g/mol. The van der Waals surface area contributed by atoms with Crippen LogP contribution in [0.25, 0.3) is 10.9 Å². The first-order valence-corrected chi connectivity index (χ1v) is 12.1. The van der Waals surface area contributed by atoms with Crippen molar-refractivity contribution in [2.45, 2.75) is 26.8 Å². The van der Waals surface area contributed by atoms with E-state index in [0.29, 0.717) is 49.5 Å². The van der Waals surface area contributed by atoms with Crippen molar-refractivity contribution in [2.24, 2.45) is 0 Å². The second-order valence-corrected chi connectivity index (χ2v) is 9.03. The Hall–Kier alpha value is -4.27. The largest absolute Gasteiger partial charge is 0.353 e. The number of carbonyl (C=O) groups excluding carboxylic acids is 1. The zero-order valence-corrected chi connectivity index (χ0v) is 20.5. The Labute approximate surface area is 209 Å². The molecule has 1 amide bonds. The number of carbonyl (C=O) groups is 1. The minimum atomic E-state index is -0.118. The Morgan fingerprint density at radius 1 is 0.972 bits per heavy atom. The number of aryl methyl sites for hydroxylation is 3. The summed E-state index contributed by atoms with van der Waals surface area (Å²) < 4.78 is 1.52. The van der Waals surface area contributed by atoms with Gasteiger partial charge in [0.15, 0.2) is 0 Å². The fourth-order valence-corrected chi connectivity index (χ4v) is 4.39. The van der Waals surface area contributed by atoms with Crippen molar-refractivity contribution in [3.05, 3.63) is 82.7 Å². The SMILES string of the molecule is Cc1ccc(Nc2cc(N3CCN(C(=O)CCn4cnc5ccccc5c4=O)CC3)nc(C)n2)cc1. The number of nitrogens with one attached hydrogen (secondary N) is 1. The number of hydrogen-bond donors (Lipinski definition) is 1. The van der Waals surface area contributed by atoms with Crippen molar-refractivity contribution in [3.8, 4) is 0 Å². The lowest BCUT2D eigenvalue weighted by Gasteiger charge is -2.35. The highest BCUT2D eigenvalue weighted by atomic mass is 16.2. The van der Waals surface area contributed by atoms with Crippen LogP contribution in [-0.2, 0) is 11.3 Å². The highest BCUT2D eigenvalue weighted by molar-refractivity contribution is 5.78. The molecule has 1 fully saturated rings. The second kappa shape index (κ2) is 10.2. The average Bonchev–Trinajstić information content (AvgIpc) is 2.89. The van der Waals surface area contributed by atoms with E-state index in [4.69, 9.17) is 0 Å². The van der Waals surface area contributed by atoms with E-state index in [1.807, 2.05) is 48.2 Å². The Kier molecular flexibility index (Phi) is 6.62. The minimum Gasteiger partial charge on any atom is -0.353 e. The van der Waals surface area contributed by atoms with Gasteiger partial charge in [-0.05, 0) is 38.1 Å². The van der Waals surface area contributed by atoms with Crippen LogP contribution in [0.1, 0.15) is 17.8 Å². The molecule has 0 atom stereocenters. The number of piperazine rings is 1. The van der Waals surface area contributed by atoms with E-state index in [1.165, 1.54) is 16.5 Å². The predicted octanol–water partition coefficient (Wildman–Crippen LogP) is 3.29. The first-order valence-electron chi connectivity index (χ1n) is 12.1. The standard InChI is InChI=1S/C27H29N7O2/c1-19-7-9-21(10-8-19)31-24-17-25(30-20(2)29-24)32-13-15-33(16-14-32)26(35)11-12-34-18-28-23-6-4-3-5-22(23)27(34)36/h3-10,17-18H,11-16H2,1-2H3,(H,29,30,31). The Morgan fingerprint density at radius 2 is 1.72 bits per heavy atom. The number of amides is 1. The van der Waals surface area contributed by atoms with Crippen LogP contribution in [-0.4, -0.2) is 56.5 Å². The number of benzene rings is 2. The summed E-state index contributed by atoms with van der Waals surface area (Å²) in [4.78, 5) is 43.0. The predicted molar refractivity (Wildman–Crippen MR) is 141 cm³/mol. The molecule has 0 aliphatic carbocycles. The van der Waals surface area contributed by atoms with E-state index >= 15 is 0 Å². The number of fused-ring (bicyclic) bond motifs is 1. The number of rotatable bonds is 6. The molecule has 0 saturated carbocycles. The van der Waals surface area contributed by atoms with Crippen LogP contribution in [0.2, 0.25) is 0 Å². The van der Waals surface area contributed by atoms with Crippen LogP contribution >= 0.6 is 0 Å². The maximum absolute atomic E-state index is 12.9. The van der Waals surface area contributed by atoms with Gasteiger partial charge in [-0.2, -0.15) is 0 Å². The third kappa shape index (κ3) is 5.19. The molecule has 0 spiro atoms. The molecule has 0 unspecified atom stereocenters. The molecule has 0 bridgehead atoms. The molecule has 9 heteroatoms. The summed E-state index contributed by atoms with van der Waals surface area (Å²) in [7, 11) is 0. The molecular formula is C27H29N7O2. The first kappa shape index (κ1) is 23.5. The number of aromatic nitrogens is 4. The van der Waals surface area contributed by atoms with Crippen LogP contribution in [0, 0.1) is 13.8 Å². The van der Waals surface area contributed by atoms with Crippen LogP contribution < -0.4 is 15.8 Å². The van der Waals surface area contributed by atoms with E-state index in [0.717, 1.165) is 17.3 Å². The molecule has 5 rings (SSSR count). The maximum atomic E-state index is 12.9. The lowest BCUT2D eigenvalue weighted by atomic mass is 10.2. The van der Waals surface area contributed by atoms with Gasteiger partial charge in [0.2, 0.25) is 5.91 Å². The highest BCUT2D eigenvalue weighted by Gasteiger charge is 2.22. The fourth-order valence-electron chi connectivity index (χ4n) is 4.39. The van der Waals surface area contributed by atoms with Gasteiger partial charge < -0.3 is 15.1 Å². The fraction of sp³-hybridized carbons (Fsp3) is 0.296. The zero-order chi connectivity index (χ0) is 25.1. The summed E-state index contributed by atoms with van der Waals surface area (Å²) in [5.74, 6) is 2.32. The van der Waals surface area contributed by atoms with Gasteiger partial charge in [0.05, 0.1) is 17.2 Å². The van der Waals surface area contributed by atoms with Gasteiger partial charge in [-0.3, -0.25) is 14.2 Å². The second-order valence-electron chi connectivity index (χ2n) is 9.03. The van der Waals surface area contributed by atoms with Crippen molar-refractivity contribution < 1.29 is 4.79 Å². The van der Waals surface area contributed by atoms with Gasteiger partial charge in [-0.1, -0.05) is 29.8 Å². The topological polar surface area (TPSA) is 96.2 Å². The summed E-state index contributed by atoms with van der Waals surface area (Å²) in [5, 5.41) is 3.92. The number of para-hydroxylation sites is 1. The quantitative estimate of drug-likeness (QED) is 0.450. The van der Waals surface area contributed by atoms with E-state index in [-0.39, 0.29) is 17.9 Å². The molecule has 1 N–H and O–H groups in total. The molecule has 184 valence electrons. The minimum absolute atomic E-state index is 0.0373. The Morgan fingerprint density at radius 3 is 2.50 bits per heavy atom. The molecule has 3 heterocycles. The Balaban J connectivity index is 1.18. The average molecular weight is 484 g/mol. The van der Waals surface area contributed by atoms with Crippen LogP contribution in [0.4, 0.5) is 17.3 Å². The number of nitrogens with zero attached hydrogens (tertiary/aromatic N) is 6. The molecule has 4 aromatic rings. The van der Waals surface area contributed by atoms with Gasteiger partial charge >= 0.3 is 0 Å². The summed E-state index contributed by atoms with van der Waals surface area (Å²) in [6.07, 6.45) is 1.78. The molecule has 9 nitrogen and oxygen atoms in total. The number of hydrogen-bond acceptors (Lipinski definition) is 7. The van der Waals surface area contributed by atoms with Crippen molar-refractivity contribution in [3.63, 3.8) is 0 Å². The third-order valence-electron chi connectivity index (χ3n) is 6.40. The van der Waals surface area contributed by atoms with E-state index in [9.17, 15) is 9.59 Å². The van der Waals surface area contributed by atoms with Crippen LogP contribution in [0.3, 0.4) is 0 Å². The molecule has 0 radical (unpaired) electrons. The summed E-state index contributed by atoms with van der Waals surface area (Å²) >= 11 is 0. The smallest absolute Gasteiger partial charge is 0.261 e. The van der Waals surface area contributed by atoms with Gasteiger partial charge in [-0.25, -0.2) is 15.0 Å². The first-order chi connectivity index (χ1) is 17.5. The van der Waals surface area contributed by atoms with Crippen molar-refractivity contribution >= 4 is 34.1 Å². The van der Waals surface area contributed by atoms with Gasteiger partial charge in [0, 0.05) is 50.9 Å². The normalized spacial score (nSPS) is 13.7. The van der Waals surface area contributed by atoms with Crippen molar-refractivity contribution in [1.29, 1.82) is 0 Å². The molecule has 1 aliphatic heterocycles. The summed E-state index contributed by atoms with van der Waals surface area (Å²) in [6.45, 7) is 6.83. The number of anilines is 3. The van der Waals surface area contributed by atoms with Crippen molar-refractivity contribution in [1.82, 2.24) is 24.4 Å². The van der Waals surface area contributed by atoms with Crippen molar-refractivity contribution in [2.75, 3.05) is 36.4 Å². The van der Waals surface area contributed by atoms with E-state index < -0.39 is 0 Å². The third-order valence-corrected chi connectivity index (χ3v) is 6.40. The molecule has 2 aromatic heterocycles. The molecular weight excluding hydrogens is 454 g/mol. The van der Waals surface area contributed by atoms with E-state index in [1.54, 1.807) is 6.07 Å². The Bertz CT molecular complexity index is 1440. The van der Waals surface area contributed by atoms with Gasteiger partial charge in [0.25, 0.3) is 5.56 Å². The summed E-state index contributed by atoms with van der Waals surface area (Å²) in [6, 6.07) is 17.4. The molecule has 2 aromatic carbocycles. The maximum Gasteiger partial charge on any atom is 0.261 e. The van der Waals surface area contributed by atoms with Gasteiger partial charge in [-0.15, -0.1) is 0 Å². The van der Waals surface area contributed by atoms with Crippen LogP contribution in [0.5, 0.6) is 0 Å². The zero-order valence-electron chi connectivity index (χ0n) is 20.5.